The summed E-state index contributed by atoms with van der Waals surface area (Å²) in [5.41, 5.74) is -0.896. The third-order valence-electron chi connectivity index (χ3n) is 4.67. The molecule has 0 unspecified atom stereocenters. The highest BCUT2D eigenvalue weighted by Crippen LogP contribution is 2.29. The van der Waals surface area contributed by atoms with Gasteiger partial charge in [-0.3, -0.25) is 14.7 Å². The fourth-order valence-electron chi connectivity index (χ4n) is 3.34. The minimum atomic E-state index is -4.60. The number of amides is 1. The number of ketones is 1. The van der Waals surface area contributed by atoms with Gasteiger partial charge in [0.15, 0.2) is 11.5 Å². The number of halogens is 3. The molecule has 9 heteroatoms. The maximum absolute atomic E-state index is 12.9. The third-order valence-corrected chi connectivity index (χ3v) is 4.67. The van der Waals surface area contributed by atoms with Crippen molar-refractivity contribution >= 4 is 11.7 Å². The number of Topliss-reactive ketones (excluding diaryl/α,β-unsaturated/α-hetero) is 1. The van der Waals surface area contributed by atoms with E-state index >= 15 is 0 Å². The molecule has 1 aliphatic heterocycles. The Labute approximate surface area is 166 Å². The maximum Gasteiger partial charge on any atom is 0.432 e. The summed E-state index contributed by atoms with van der Waals surface area (Å²) in [5.74, 6) is -0.574. The fraction of sp³-hybridized carbons (Fsp3) is 0.450. The number of hydrogen-bond acceptors (Lipinski definition) is 4. The van der Waals surface area contributed by atoms with Crippen LogP contribution >= 0.6 is 0 Å². The summed E-state index contributed by atoms with van der Waals surface area (Å²) in [6.07, 6.45) is -3.44. The number of carbonyl (C=O) groups is 2. The number of aromatic amines is 1. The molecule has 2 heterocycles. The molecule has 0 bridgehead atoms. The Kier molecular flexibility index (Phi) is 5.95. The molecule has 0 saturated carbocycles. The van der Waals surface area contributed by atoms with E-state index in [1.165, 1.54) is 4.90 Å². The number of rotatable bonds is 5. The normalized spacial score (nSPS) is 17.4. The number of H-pyrrole nitrogens is 1. The van der Waals surface area contributed by atoms with Gasteiger partial charge in [-0.05, 0) is 38.8 Å². The minimum Gasteiger partial charge on any atom is -0.491 e. The van der Waals surface area contributed by atoms with E-state index in [0.717, 1.165) is 0 Å². The van der Waals surface area contributed by atoms with Gasteiger partial charge in [-0.2, -0.15) is 18.3 Å². The summed E-state index contributed by atoms with van der Waals surface area (Å²) in [5, 5.41) is 5.33. The minimum absolute atomic E-state index is 0.0291. The predicted octanol–water partition coefficient (Wildman–Crippen LogP) is 3.95. The van der Waals surface area contributed by atoms with Gasteiger partial charge in [0.2, 0.25) is 0 Å². The molecule has 1 aromatic heterocycles. The monoisotopic (exact) mass is 409 g/mol. The molecule has 6 nitrogen and oxygen atoms in total. The van der Waals surface area contributed by atoms with Crippen molar-refractivity contribution < 1.29 is 27.5 Å². The maximum atomic E-state index is 12.9. The second kappa shape index (κ2) is 8.26. The quantitative estimate of drug-likeness (QED) is 0.759. The van der Waals surface area contributed by atoms with Crippen LogP contribution < -0.4 is 4.74 Å². The standard InChI is InChI=1S/C20H22F3N3O3/c1-12(2)29-15-7-3-5-13(9-15)18(27)14-6-4-8-26(11-14)19(28)16-10-17(25-24-16)20(21,22)23/h3,5,7,9-10,12,14H,4,6,8,11H2,1-2H3,(H,24,25)/t14-/m1/s1. The second-order valence-corrected chi connectivity index (χ2v) is 7.31. The molecule has 1 aromatic carbocycles. The summed E-state index contributed by atoms with van der Waals surface area (Å²) in [7, 11) is 0. The van der Waals surface area contributed by atoms with Gasteiger partial charge in [0.25, 0.3) is 5.91 Å². The lowest BCUT2D eigenvalue weighted by molar-refractivity contribution is -0.141. The van der Waals surface area contributed by atoms with Crippen molar-refractivity contribution in [1.82, 2.24) is 15.1 Å². The molecule has 2 aromatic rings. The van der Waals surface area contributed by atoms with Crippen LogP contribution in [0.3, 0.4) is 0 Å². The molecule has 1 fully saturated rings. The Morgan fingerprint density at radius 1 is 1.28 bits per heavy atom. The predicted molar refractivity (Wildman–Crippen MR) is 98.8 cm³/mol. The number of ether oxygens (including phenoxy) is 1. The van der Waals surface area contributed by atoms with Crippen molar-refractivity contribution in [3.8, 4) is 5.75 Å². The first kappa shape index (κ1) is 20.9. The van der Waals surface area contributed by atoms with Crippen LogP contribution in [0.5, 0.6) is 5.75 Å². The number of aromatic nitrogens is 2. The van der Waals surface area contributed by atoms with Crippen LogP contribution in [-0.2, 0) is 6.18 Å². The van der Waals surface area contributed by atoms with Crippen molar-refractivity contribution in [2.24, 2.45) is 5.92 Å². The molecule has 29 heavy (non-hydrogen) atoms. The van der Waals surface area contributed by atoms with Crippen LogP contribution in [0.4, 0.5) is 13.2 Å². The first-order valence-corrected chi connectivity index (χ1v) is 9.38. The van der Waals surface area contributed by atoms with E-state index in [1.807, 2.05) is 18.9 Å². The highest BCUT2D eigenvalue weighted by atomic mass is 19.4. The van der Waals surface area contributed by atoms with Crippen LogP contribution in [0.15, 0.2) is 30.3 Å². The number of alkyl halides is 3. The Morgan fingerprint density at radius 3 is 2.69 bits per heavy atom. The molecule has 1 saturated heterocycles. The highest BCUT2D eigenvalue weighted by Gasteiger charge is 2.35. The number of nitrogens with zero attached hydrogens (tertiary/aromatic N) is 2. The zero-order valence-electron chi connectivity index (χ0n) is 16.1. The SMILES string of the molecule is CC(C)Oc1cccc(C(=O)[C@@H]2CCCN(C(=O)c3cc(C(F)(F)F)[nH]n3)C2)c1. The number of benzene rings is 1. The molecule has 0 radical (unpaired) electrons. The fourth-order valence-corrected chi connectivity index (χ4v) is 3.34. The molecule has 1 N–H and O–H groups in total. The van der Waals surface area contributed by atoms with E-state index in [-0.39, 0.29) is 24.1 Å². The van der Waals surface area contributed by atoms with Gasteiger partial charge in [0, 0.05) is 30.6 Å². The van der Waals surface area contributed by atoms with Crippen molar-refractivity contribution in [3.63, 3.8) is 0 Å². The Morgan fingerprint density at radius 2 is 2.03 bits per heavy atom. The molecule has 1 atom stereocenters. The Hall–Kier alpha value is -2.84. The average Bonchev–Trinajstić information content (AvgIpc) is 3.17. The van der Waals surface area contributed by atoms with Crippen LogP contribution in [0.25, 0.3) is 0 Å². The van der Waals surface area contributed by atoms with Gasteiger partial charge < -0.3 is 9.64 Å². The van der Waals surface area contributed by atoms with E-state index in [9.17, 15) is 22.8 Å². The zero-order valence-corrected chi connectivity index (χ0v) is 16.1. The molecule has 156 valence electrons. The van der Waals surface area contributed by atoms with E-state index in [4.69, 9.17) is 4.74 Å². The molecule has 3 rings (SSSR count). The summed E-state index contributed by atoms with van der Waals surface area (Å²) in [6, 6.07) is 7.56. The van der Waals surface area contributed by atoms with E-state index in [1.54, 1.807) is 24.3 Å². The van der Waals surface area contributed by atoms with Crippen molar-refractivity contribution in [2.75, 3.05) is 13.1 Å². The lowest BCUT2D eigenvalue weighted by atomic mass is 9.89. The first-order valence-electron chi connectivity index (χ1n) is 9.38. The molecule has 0 aliphatic carbocycles. The summed E-state index contributed by atoms with van der Waals surface area (Å²) in [6.45, 7) is 4.28. The number of hydrogen-bond donors (Lipinski definition) is 1. The number of likely N-dealkylation sites (tertiary alicyclic amines) is 1. The number of carbonyl (C=O) groups excluding carboxylic acids is 2. The lowest BCUT2D eigenvalue weighted by Gasteiger charge is -2.31. The third kappa shape index (κ3) is 4.96. The average molecular weight is 409 g/mol. The zero-order chi connectivity index (χ0) is 21.2. The number of piperidine rings is 1. The molecular formula is C20H22F3N3O3. The van der Waals surface area contributed by atoms with E-state index in [2.05, 4.69) is 5.10 Å². The topological polar surface area (TPSA) is 75.3 Å². The van der Waals surface area contributed by atoms with Crippen LogP contribution in [0, 0.1) is 5.92 Å². The first-order chi connectivity index (χ1) is 13.6. The summed E-state index contributed by atoms with van der Waals surface area (Å²) < 4.78 is 43.8. The van der Waals surface area contributed by atoms with E-state index < -0.39 is 23.7 Å². The Bertz CT molecular complexity index is 892. The van der Waals surface area contributed by atoms with Crippen LogP contribution in [-0.4, -0.2) is 46.0 Å². The van der Waals surface area contributed by atoms with Gasteiger partial charge in [-0.25, -0.2) is 0 Å². The van der Waals surface area contributed by atoms with Gasteiger partial charge in [-0.15, -0.1) is 0 Å². The smallest absolute Gasteiger partial charge is 0.432 e. The van der Waals surface area contributed by atoms with Gasteiger partial charge in [-0.1, -0.05) is 12.1 Å². The van der Waals surface area contributed by atoms with Gasteiger partial charge >= 0.3 is 6.18 Å². The molecule has 1 aliphatic rings. The highest BCUT2D eigenvalue weighted by molar-refractivity contribution is 5.99. The summed E-state index contributed by atoms with van der Waals surface area (Å²) >= 11 is 0. The lowest BCUT2D eigenvalue weighted by Crippen LogP contribution is -2.42. The van der Waals surface area contributed by atoms with Crippen molar-refractivity contribution in [3.05, 3.63) is 47.3 Å². The largest absolute Gasteiger partial charge is 0.491 e. The second-order valence-electron chi connectivity index (χ2n) is 7.31. The van der Waals surface area contributed by atoms with Crippen LogP contribution in [0.1, 0.15) is 53.2 Å². The molecular weight excluding hydrogens is 387 g/mol. The number of nitrogens with one attached hydrogen (secondary N) is 1. The molecule has 0 spiro atoms. The van der Waals surface area contributed by atoms with E-state index in [0.29, 0.717) is 36.8 Å². The summed E-state index contributed by atoms with van der Waals surface area (Å²) in [4.78, 5) is 26.9. The van der Waals surface area contributed by atoms with Crippen LogP contribution in [0.2, 0.25) is 0 Å². The molecule has 1 amide bonds. The van der Waals surface area contributed by atoms with Crippen molar-refractivity contribution in [1.29, 1.82) is 0 Å². The van der Waals surface area contributed by atoms with Crippen molar-refractivity contribution in [2.45, 2.75) is 39.0 Å². The van der Waals surface area contributed by atoms with Gasteiger partial charge in [0.05, 0.1) is 6.10 Å². The van der Waals surface area contributed by atoms with Gasteiger partial charge in [0.1, 0.15) is 11.4 Å². The Balaban J connectivity index is 1.71.